The highest BCUT2D eigenvalue weighted by Gasteiger charge is 2.25. The number of carbonyl (C=O) groups excluding carboxylic acids is 1. The molecule has 5 aromatic rings. The van der Waals surface area contributed by atoms with Crippen LogP contribution in [0.2, 0.25) is 0 Å². The molecule has 9 nitrogen and oxygen atoms in total. The second-order valence-electron chi connectivity index (χ2n) is 9.38. The third kappa shape index (κ3) is 5.44. The fourth-order valence-electron chi connectivity index (χ4n) is 4.70. The standard InChI is InChI=1S/C32H29N7O2/c1-4-18-35-30-28(29(33)37-38(30)3)31(40)36-21(2)26-20-23-12-10-11-22(16-17-24-13-8-9-19-34-24)27(23)32(41)39(26)25-14-6-5-7-15-25/h4-15,19-21,35H,1,18H2,2-3H3,(H2,33,37)(H,36,40). The predicted molar refractivity (Wildman–Crippen MR) is 162 cm³/mol. The molecule has 5 rings (SSSR count). The number of nitrogens with zero attached hydrogens (tertiary/aromatic N) is 4. The van der Waals surface area contributed by atoms with Gasteiger partial charge in [0.15, 0.2) is 5.82 Å². The summed E-state index contributed by atoms with van der Waals surface area (Å²) >= 11 is 0. The molecule has 2 aromatic carbocycles. The lowest BCUT2D eigenvalue weighted by Crippen LogP contribution is -2.32. The van der Waals surface area contributed by atoms with Crippen molar-refractivity contribution in [3.63, 3.8) is 0 Å². The summed E-state index contributed by atoms with van der Waals surface area (Å²) in [5.74, 6) is 6.33. The van der Waals surface area contributed by atoms with Gasteiger partial charge in [-0.05, 0) is 54.6 Å². The number of rotatable bonds is 7. The lowest BCUT2D eigenvalue weighted by Gasteiger charge is -2.21. The summed E-state index contributed by atoms with van der Waals surface area (Å²) < 4.78 is 3.13. The van der Waals surface area contributed by atoms with E-state index < -0.39 is 11.9 Å². The molecule has 0 aliphatic heterocycles. The number of carbonyl (C=O) groups is 1. The normalized spacial score (nSPS) is 11.4. The summed E-state index contributed by atoms with van der Waals surface area (Å²) in [5.41, 5.74) is 8.54. The lowest BCUT2D eigenvalue weighted by molar-refractivity contribution is 0.0940. The van der Waals surface area contributed by atoms with Gasteiger partial charge in [0.25, 0.3) is 11.5 Å². The number of anilines is 2. The van der Waals surface area contributed by atoms with E-state index in [2.05, 4.69) is 39.1 Å². The molecular formula is C32H29N7O2. The highest BCUT2D eigenvalue weighted by atomic mass is 16.2. The van der Waals surface area contributed by atoms with E-state index in [0.717, 1.165) is 0 Å². The minimum absolute atomic E-state index is 0.0962. The summed E-state index contributed by atoms with van der Waals surface area (Å²) in [6.45, 7) is 5.97. The average molecular weight is 544 g/mol. The Morgan fingerprint density at radius 3 is 2.61 bits per heavy atom. The largest absolute Gasteiger partial charge is 0.381 e. The third-order valence-corrected chi connectivity index (χ3v) is 6.59. The molecule has 3 aromatic heterocycles. The molecule has 4 N–H and O–H groups in total. The fourth-order valence-corrected chi connectivity index (χ4v) is 4.70. The van der Waals surface area contributed by atoms with Crippen LogP contribution in [0.3, 0.4) is 0 Å². The molecule has 0 aliphatic carbocycles. The van der Waals surface area contributed by atoms with Gasteiger partial charge in [-0.3, -0.25) is 18.8 Å². The highest BCUT2D eigenvalue weighted by Crippen LogP contribution is 2.26. The monoisotopic (exact) mass is 543 g/mol. The smallest absolute Gasteiger partial charge is 0.264 e. The van der Waals surface area contributed by atoms with E-state index in [0.29, 0.717) is 45.8 Å². The van der Waals surface area contributed by atoms with Gasteiger partial charge in [-0.15, -0.1) is 6.58 Å². The van der Waals surface area contributed by atoms with Crippen LogP contribution in [0.4, 0.5) is 11.6 Å². The van der Waals surface area contributed by atoms with Crippen LogP contribution < -0.4 is 21.9 Å². The van der Waals surface area contributed by atoms with Crippen molar-refractivity contribution >= 4 is 28.3 Å². The van der Waals surface area contributed by atoms with Crippen molar-refractivity contribution in [2.24, 2.45) is 7.05 Å². The minimum Gasteiger partial charge on any atom is -0.381 e. The molecule has 1 atom stereocenters. The summed E-state index contributed by atoms with van der Waals surface area (Å²) in [5, 5.41) is 11.5. The van der Waals surface area contributed by atoms with Gasteiger partial charge in [-0.1, -0.05) is 48.4 Å². The maximum absolute atomic E-state index is 14.2. The Labute approximate surface area is 237 Å². The second-order valence-corrected chi connectivity index (χ2v) is 9.38. The molecule has 3 heterocycles. The number of para-hydroxylation sites is 1. The van der Waals surface area contributed by atoms with Crippen LogP contribution in [0.15, 0.2) is 96.4 Å². The van der Waals surface area contributed by atoms with Crippen LogP contribution in [0, 0.1) is 11.8 Å². The topological polar surface area (TPSA) is 120 Å². The van der Waals surface area contributed by atoms with Crippen molar-refractivity contribution in [2.45, 2.75) is 13.0 Å². The number of fused-ring (bicyclic) bond motifs is 1. The first-order chi connectivity index (χ1) is 19.9. The first-order valence-corrected chi connectivity index (χ1v) is 13.0. The number of benzene rings is 2. The molecule has 0 saturated carbocycles. The zero-order valence-corrected chi connectivity index (χ0v) is 22.8. The molecule has 204 valence electrons. The molecule has 0 radical (unpaired) electrons. The zero-order chi connectivity index (χ0) is 28.9. The molecule has 0 fully saturated rings. The van der Waals surface area contributed by atoms with E-state index in [1.165, 1.54) is 4.68 Å². The number of pyridine rings is 2. The van der Waals surface area contributed by atoms with Crippen molar-refractivity contribution in [1.29, 1.82) is 0 Å². The summed E-state index contributed by atoms with van der Waals surface area (Å²) in [6, 6.07) is 21.7. The van der Waals surface area contributed by atoms with Gasteiger partial charge < -0.3 is 16.4 Å². The van der Waals surface area contributed by atoms with E-state index in [1.54, 1.807) is 23.9 Å². The van der Waals surface area contributed by atoms with Crippen LogP contribution in [-0.4, -0.2) is 31.8 Å². The SMILES string of the molecule is C=CCNc1c(C(=O)NC(C)c2cc3cccc(C#Cc4ccccn4)c3c(=O)n2-c2ccccc2)c(N)nn1C. The van der Waals surface area contributed by atoms with Gasteiger partial charge in [-0.25, -0.2) is 4.98 Å². The maximum atomic E-state index is 14.2. The van der Waals surface area contributed by atoms with E-state index >= 15 is 0 Å². The number of aryl methyl sites for hydroxylation is 1. The molecule has 0 saturated heterocycles. The molecule has 41 heavy (non-hydrogen) atoms. The second kappa shape index (κ2) is 11.6. The highest BCUT2D eigenvalue weighted by molar-refractivity contribution is 6.03. The zero-order valence-electron chi connectivity index (χ0n) is 22.8. The van der Waals surface area contributed by atoms with Crippen LogP contribution in [0.1, 0.15) is 40.3 Å². The predicted octanol–water partition coefficient (Wildman–Crippen LogP) is 4.19. The Balaban J connectivity index is 1.62. The van der Waals surface area contributed by atoms with Gasteiger partial charge in [0.05, 0.1) is 11.4 Å². The van der Waals surface area contributed by atoms with Crippen molar-refractivity contribution in [2.75, 3.05) is 17.6 Å². The van der Waals surface area contributed by atoms with Crippen molar-refractivity contribution in [3.05, 3.63) is 125 Å². The summed E-state index contributed by atoms with van der Waals surface area (Å²) in [6.07, 6.45) is 3.35. The Morgan fingerprint density at radius 1 is 1.10 bits per heavy atom. The number of nitrogens with two attached hydrogens (primary N) is 1. The quantitative estimate of drug-likeness (QED) is 0.209. The van der Waals surface area contributed by atoms with E-state index in [1.807, 2.05) is 79.7 Å². The number of nitrogen functional groups attached to an aromatic ring is 1. The van der Waals surface area contributed by atoms with Crippen LogP contribution in [0.25, 0.3) is 16.5 Å². The number of hydrogen-bond donors (Lipinski definition) is 3. The molecule has 0 spiro atoms. The van der Waals surface area contributed by atoms with Crippen LogP contribution in [0.5, 0.6) is 0 Å². The average Bonchev–Trinajstić information content (AvgIpc) is 3.27. The molecule has 0 bridgehead atoms. The van der Waals surface area contributed by atoms with Crippen molar-refractivity contribution < 1.29 is 4.79 Å². The number of amides is 1. The Kier molecular flexibility index (Phi) is 7.65. The number of hydrogen-bond acceptors (Lipinski definition) is 6. The van der Waals surface area contributed by atoms with Gasteiger partial charge in [0.2, 0.25) is 0 Å². The lowest BCUT2D eigenvalue weighted by atomic mass is 10.0. The Bertz CT molecular complexity index is 1860. The van der Waals surface area contributed by atoms with Gasteiger partial charge in [-0.2, -0.15) is 5.10 Å². The van der Waals surface area contributed by atoms with Gasteiger partial charge >= 0.3 is 0 Å². The Morgan fingerprint density at radius 2 is 1.88 bits per heavy atom. The van der Waals surface area contributed by atoms with Crippen LogP contribution >= 0.6 is 0 Å². The third-order valence-electron chi connectivity index (χ3n) is 6.59. The van der Waals surface area contributed by atoms with Crippen molar-refractivity contribution in [3.8, 4) is 17.5 Å². The van der Waals surface area contributed by atoms with Crippen molar-refractivity contribution in [1.82, 2.24) is 24.6 Å². The molecular weight excluding hydrogens is 514 g/mol. The van der Waals surface area contributed by atoms with E-state index in [4.69, 9.17) is 5.73 Å². The van der Waals surface area contributed by atoms with E-state index in [9.17, 15) is 9.59 Å². The first-order valence-electron chi connectivity index (χ1n) is 13.0. The first kappa shape index (κ1) is 27.0. The van der Waals surface area contributed by atoms with Crippen LogP contribution in [-0.2, 0) is 7.05 Å². The molecule has 9 heteroatoms. The minimum atomic E-state index is -0.574. The summed E-state index contributed by atoms with van der Waals surface area (Å²) in [4.78, 5) is 31.9. The number of nitrogens with one attached hydrogen (secondary N) is 2. The van der Waals surface area contributed by atoms with Gasteiger partial charge in [0.1, 0.15) is 17.1 Å². The maximum Gasteiger partial charge on any atom is 0.264 e. The Hall–Kier alpha value is -5.62. The molecule has 1 amide bonds. The van der Waals surface area contributed by atoms with Gasteiger partial charge in [0, 0.05) is 36.7 Å². The molecule has 1 unspecified atom stereocenters. The summed E-state index contributed by atoms with van der Waals surface area (Å²) in [7, 11) is 1.70. The fraction of sp³-hybridized carbons (Fsp3) is 0.125. The van der Waals surface area contributed by atoms with E-state index in [-0.39, 0.29) is 16.9 Å². The molecule has 0 aliphatic rings. The number of aromatic nitrogens is 4.